The number of hydrazone groups is 1. The van der Waals surface area contributed by atoms with Gasteiger partial charge in [-0.3, -0.25) is 9.05 Å². The Morgan fingerprint density at radius 1 is 1.25 bits per heavy atom. The van der Waals surface area contributed by atoms with Crippen LogP contribution in [0.3, 0.4) is 0 Å². The second-order valence-corrected chi connectivity index (χ2v) is 5.54. The molecule has 7 heteroatoms. The Balaban J connectivity index is 2.90. The van der Waals surface area contributed by atoms with E-state index in [-0.39, 0.29) is 13.2 Å². The highest BCUT2D eigenvalue weighted by atomic mass is 31.2. The number of nitrogens with zero attached hydrogens (tertiary/aromatic N) is 1. The third kappa shape index (κ3) is 4.63. The van der Waals surface area contributed by atoms with E-state index in [9.17, 15) is 4.57 Å². The maximum Gasteiger partial charge on any atom is 0.448 e. The first-order valence-corrected chi connectivity index (χ1v) is 7.94. The molecule has 6 nitrogen and oxygen atoms in total. The van der Waals surface area contributed by atoms with Crippen LogP contribution in [0, 0.1) is 0 Å². The highest BCUT2D eigenvalue weighted by molar-refractivity contribution is 7.51. The number of hydrogen-bond acceptors (Lipinski definition) is 5. The van der Waals surface area contributed by atoms with Crippen molar-refractivity contribution in [3.63, 3.8) is 0 Å². The van der Waals surface area contributed by atoms with Gasteiger partial charge in [-0.15, -0.1) is 0 Å². The molecular weight excluding hydrogens is 279 g/mol. The molecule has 0 spiro atoms. The molecule has 1 N–H and O–H groups in total. The molecule has 0 aromatic heterocycles. The molecule has 0 unspecified atom stereocenters. The summed E-state index contributed by atoms with van der Waals surface area (Å²) in [7, 11) is -1.81. The van der Waals surface area contributed by atoms with Crippen LogP contribution in [0.25, 0.3) is 0 Å². The molecule has 0 bridgehead atoms. The molecule has 1 rings (SSSR count). The fraction of sp³-hybridized carbons (Fsp3) is 0.462. The van der Waals surface area contributed by atoms with Crippen molar-refractivity contribution in [1.82, 2.24) is 5.20 Å². The summed E-state index contributed by atoms with van der Waals surface area (Å²) in [5.74, 6) is 0.693. The Kier molecular flexibility index (Phi) is 6.71. The summed E-state index contributed by atoms with van der Waals surface area (Å²) >= 11 is 0. The van der Waals surface area contributed by atoms with Gasteiger partial charge < -0.3 is 4.74 Å². The van der Waals surface area contributed by atoms with Gasteiger partial charge in [0.2, 0.25) is 0 Å². The Morgan fingerprint density at radius 2 is 1.85 bits per heavy atom. The van der Waals surface area contributed by atoms with Gasteiger partial charge in [0.05, 0.1) is 26.0 Å². The van der Waals surface area contributed by atoms with Gasteiger partial charge in [-0.1, -0.05) is 12.1 Å². The van der Waals surface area contributed by atoms with E-state index in [2.05, 4.69) is 10.3 Å². The zero-order chi connectivity index (χ0) is 15.0. The normalized spacial score (nSPS) is 12.3. The van der Waals surface area contributed by atoms with Crippen LogP contribution in [0.4, 0.5) is 0 Å². The average Bonchev–Trinajstić information content (AvgIpc) is 2.45. The Bertz CT molecular complexity index is 495. The number of hydrogen-bond donors (Lipinski definition) is 1. The first-order chi connectivity index (χ1) is 9.56. The third-order valence-electron chi connectivity index (χ3n) is 2.44. The van der Waals surface area contributed by atoms with E-state index < -0.39 is 7.75 Å². The Morgan fingerprint density at radius 3 is 2.40 bits per heavy atom. The lowest BCUT2D eigenvalue weighted by atomic mass is 10.1. The van der Waals surface area contributed by atoms with Crippen LogP contribution in [-0.2, 0) is 13.6 Å². The van der Waals surface area contributed by atoms with Gasteiger partial charge in [0, 0.05) is 5.56 Å². The molecule has 20 heavy (non-hydrogen) atoms. The molecule has 0 saturated heterocycles. The first-order valence-electron chi connectivity index (χ1n) is 6.40. The average molecular weight is 300 g/mol. The summed E-state index contributed by atoms with van der Waals surface area (Å²) in [6.07, 6.45) is 0. The lowest BCUT2D eigenvalue weighted by Gasteiger charge is -2.16. The van der Waals surface area contributed by atoms with Crippen molar-refractivity contribution in [2.24, 2.45) is 5.10 Å². The molecule has 0 radical (unpaired) electrons. The third-order valence-corrected chi connectivity index (χ3v) is 3.98. The van der Waals surface area contributed by atoms with Crippen LogP contribution in [-0.4, -0.2) is 26.0 Å². The minimum absolute atomic E-state index is 0.271. The molecule has 112 valence electrons. The first kappa shape index (κ1) is 16.7. The number of nitrogens with one attached hydrogen (secondary N) is 1. The second-order valence-electron chi connectivity index (χ2n) is 3.83. The zero-order valence-electron chi connectivity index (χ0n) is 12.3. The number of para-hydroxylation sites is 1. The quantitative estimate of drug-likeness (QED) is 0.453. The van der Waals surface area contributed by atoms with Crippen LogP contribution < -0.4 is 9.93 Å². The minimum Gasteiger partial charge on any atom is -0.496 e. The van der Waals surface area contributed by atoms with Crippen molar-refractivity contribution in [3.05, 3.63) is 29.8 Å². The maximum absolute atomic E-state index is 12.2. The lowest BCUT2D eigenvalue weighted by molar-refractivity contribution is 0.211. The van der Waals surface area contributed by atoms with Crippen LogP contribution in [0.1, 0.15) is 26.3 Å². The smallest absolute Gasteiger partial charge is 0.448 e. The van der Waals surface area contributed by atoms with Crippen LogP contribution in [0.2, 0.25) is 0 Å². The van der Waals surface area contributed by atoms with Gasteiger partial charge >= 0.3 is 7.75 Å². The van der Waals surface area contributed by atoms with Crippen LogP contribution in [0.5, 0.6) is 5.75 Å². The fourth-order valence-electron chi connectivity index (χ4n) is 1.57. The summed E-state index contributed by atoms with van der Waals surface area (Å²) in [4.78, 5) is 0. The molecule has 0 heterocycles. The van der Waals surface area contributed by atoms with Crippen molar-refractivity contribution in [3.8, 4) is 5.75 Å². The van der Waals surface area contributed by atoms with Crippen molar-refractivity contribution in [2.45, 2.75) is 20.8 Å². The Labute approximate surface area is 119 Å². The van der Waals surface area contributed by atoms with E-state index in [1.165, 1.54) is 0 Å². The monoisotopic (exact) mass is 300 g/mol. The van der Waals surface area contributed by atoms with Crippen molar-refractivity contribution >= 4 is 13.5 Å². The molecule has 0 fully saturated rings. The van der Waals surface area contributed by atoms with Crippen molar-refractivity contribution in [2.75, 3.05) is 20.3 Å². The largest absolute Gasteiger partial charge is 0.496 e. The highest BCUT2D eigenvalue weighted by Crippen LogP contribution is 2.43. The predicted octanol–water partition coefficient (Wildman–Crippen LogP) is 3.19. The van der Waals surface area contributed by atoms with Gasteiger partial charge in [-0.25, -0.2) is 9.76 Å². The van der Waals surface area contributed by atoms with Gasteiger partial charge in [0.15, 0.2) is 0 Å². The van der Waals surface area contributed by atoms with Crippen molar-refractivity contribution in [1.29, 1.82) is 0 Å². The standard InChI is InChI=1S/C13H21N2O4P/c1-5-18-20(16,19-6-2)15-14-11(3)12-9-7-8-10-13(12)17-4/h7-10H,5-6H2,1-4H3,(H,15,16)/b14-11+. The van der Waals surface area contributed by atoms with Gasteiger partial charge in [-0.05, 0) is 32.9 Å². The van der Waals surface area contributed by atoms with E-state index in [1.807, 2.05) is 24.3 Å². The lowest BCUT2D eigenvalue weighted by Crippen LogP contribution is -2.12. The van der Waals surface area contributed by atoms with E-state index in [1.54, 1.807) is 27.9 Å². The van der Waals surface area contributed by atoms with Gasteiger partial charge in [-0.2, -0.15) is 5.10 Å². The summed E-state index contributed by atoms with van der Waals surface area (Å²) < 4.78 is 27.7. The summed E-state index contributed by atoms with van der Waals surface area (Å²) in [6, 6.07) is 7.44. The van der Waals surface area contributed by atoms with Crippen molar-refractivity contribution < 1.29 is 18.3 Å². The highest BCUT2D eigenvalue weighted by Gasteiger charge is 2.23. The number of benzene rings is 1. The SMILES string of the molecule is CCOP(=O)(N/N=C(\C)c1ccccc1OC)OCC. The summed E-state index contributed by atoms with van der Waals surface area (Å²) in [5, 5.41) is 6.58. The second kappa shape index (κ2) is 8.04. The summed E-state index contributed by atoms with van der Waals surface area (Å²) in [6.45, 7) is 5.81. The number of rotatable bonds is 8. The maximum atomic E-state index is 12.2. The topological polar surface area (TPSA) is 69.2 Å². The van der Waals surface area contributed by atoms with E-state index in [0.717, 1.165) is 5.56 Å². The minimum atomic E-state index is -3.40. The molecule has 1 aromatic carbocycles. The molecular formula is C13H21N2O4P. The fourth-order valence-corrected chi connectivity index (χ4v) is 2.72. The number of methoxy groups -OCH3 is 1. The molecule has 0 aliphatic heterocycles. The van der Waals surface area contributed by atoms with E-state index in [0.29, 0.717) is 11.5 Å². The molecule has 0 amide bonds. The van der Waals surface area contributed by atoms with Gasteiger partial charge in [0.25, 0.3) is 0 Å². The molecule has 1 aromatic rings. The number of ether oxygens (including phenoxy) is 1. The van der Waals surface area contributed by atoms with Crippen LogP contribution >= 0.6 is 7.75 Å². The molecule has 0 atom stereocenters. The van der Waals surface area contributed by atoms with Crippen LogP contribution in [0.15, 0.2) is 29.4 Å². The zero-order valence-corrected chi connectivity index (χ0v) is 13.1. The predicted molar refractivity (Wildman–Crippen MR) is 79.2 cm³/mol. The van der Waals surface area contributed by atoms with E-state index in [4.69, 9.17) is 13.8 Å². The summed E-state index contributed by atoms with van der Waals surface area (Å²) in [5.41, 5.74) is 1.43. The van der Waals surface area contributed by atoms with Gasteiger partial charge in [0.1, 0.15) is 5.75 Å². The molecule has 0 aliphatic carbocycles. The molecule has 0 aliphatic rings. The Hall–Kier alpha value is -1.36. The van der Waals surface area contributed by atoms with E-state index >= 15 is 0 Å². The molecule has 0 saturated carbocycles.